The van der Waals surface area contributed by atoms with E-state index in [-0.39, 0.29) is 0 Å². The second-order valence-electron chi connectivity index (χ2n) is 3.67. The molecule has 1 saturated heterocycles. The molecule has 0 spiro atoms. The van der Waals surface area contributed by atoms with Crippen LogP contribution in [0.15, 0.2) is 6.07 Å². The molecule has 2 heterocycles. The molecule has 5 heteroatoms. The Bertz CT molecular complexity index is 336. The molecule has 0 atom stereocenters. The van der Waals surface area contributed by atoms with Crippen molar-refractivity contribution < 1.29 is 4.74 Å². The first-order valence-corrected chi connectivity index (χ1v) is 5.19. The van der Waals surface area contributed by atoms with Crippen molar-refractivity contribution in [3.8, 4) is 0 Å². The quantitative estimate of drug-likeness (QED) is 0.758. The van der Waals surface area contributed by atoms with Crippen LogP contribution in [0.3, 0.4) is 0 Å². The molecule has 0 bridgehead atoms. The molecule has 1 aliphatic rings. The second kappa shape index (κ2) is 4.44. The minimum Gasteiger partial charge on any atom is -0.381 e. The Balaban J connectivity index is 2.22. The van der Waals surface area contributed by atoms with Gasteiger partial charge < -0.3 is 15.8 Å². The van der Waals surface area contributed by atoms with E-state index in [9.17, 15) is 0 Å². The fraction of sp³-hybridized carbons (Fsp3) is 0.600. The smallest absolute Gasteiger partial charge is 0.222 e. The van der Waals surface area contributed by atoms with E-state index in [2.05, 4.69) is 15.3 Å². The number of hydrogen-bond acceptors (Lipinski definition) is 5. The molecule has 2 rings (SSSR count). The summed E-state index contributed by atoms with van der Waals surface area (Å²) in [5.41, 5.74) is 6.67. The number of aromatic nitrogens is 2. The second-order valence-corrected chi connectivity index (χ2v) is 3.67. The molecular weight excluding hydrogens is 192 g/mol. The van der Waals surface area contributed by atoms with Gasteiger partial charge in [-0.25, -0.2) is 4.98 Å². The zero-order valence-electron chi connectivity index (χ0n) is 8.86. The maximum atomic E-state index is 5.65. The van der Waals surface area contributed by atoms with Crippen LogP contribution in [-0.2, 0) is 4.74 Å². The Labute approximate surface area is 89.1 Å². The molecule has 1 aromatic heterocycles. The van der Waals surface area contributed by atoms with Crippen LogP contribution < -0.4 is 11.1 Å². The van der Waals surface area contributed by atoms with Crippen LogP contribution in [0.2, 0.25) is 0 Å². The van der Waals surface area contributed by atoms with Crippen LogP contribution in [0.25, 0.3) is 0 Å². The number of nitrogens with zero attached hydrogens (tertiary/aromatic N) is 2. The van der Waals surface area contributed by atoms with Crippen molar-refractivity contribution in [1.29, 1.82) is 0 Å². The summed E-state index contributed by atoms with van der Waals surface area (Å²) in [5.74, 6) is 1.57. The first-order valence-electron chi connectivity index (χ1n) is 5.19. The topological polar surface area (TPSA) is 73.1 Å². The Morgan fingerprint density at radius 1 is 1.40 bits per heavy atom. The van der Waals surface area contributed by atoms with Gasteiger partial charge in [-0.2, -0.15) is 4.98 Å². The van der Waals surface area contributed by atoms with Gasteiger partial charge in [-0.3, -0.25) is 0 Å². The van der Waals surface area contributed by atoms with Gasteiger partial charge >= 0.3 is 0 Å². The minimum atomic E-state index is 0.336. The summed E-state index contributed by atoms with van der Waals surface area (Å²) >= 11 is 0. The highest BCUT2D eigenvalue weighted by atomic mass is 16.5. The van der Waals surface area contributed by atoms with Crippen molar-refractivity contribution in [3.63, 3.8) is 0 Å². The molecule has 1 aliphatic heterocycles. The van der Waals surface area contributed by atoms with Gasteiger partial charge in [-0.1, -0.05) is 0 Å². The molecule has 0 aromatic carbocycles. The van der Waals surface area contributed by atoms with Gasteiger partial charge in [0.25, 0.3) is 0 Å². The normalized spacial score (nSPS) is 17.7. The van der Waals surface area contributed by atoms with E-state index in [0.717, 1.165) is 37.6 Å². The van der Waals surface area contributed by atoms with Crippen molar-refractivity contribution in [2.24, 2.45) is 0 Å². The van der Waals surface area contributed by atoms with Crippen LogP contribution in [-0.4, -0.2) is 30.2 Å². The average Bonchev–Trinajstić information content (AvgIpc) is 2.29. The minimum absolute atomic E-state index is 0.336. The molecule has 3 N–H and O–H groups in total. The van der Waals surface area contributed by atoms with Gasteiger partial charge in [0, 0.05) is 32.2 Å². The zero-order chi connectivity index (χ0) is 10.7. The first-order chi connectivity index (χ1) is 7.29. The number of nitrogens with two attached hydrogens (primary N) is 1. The predicted octanol–water partition coefficient (Wildman–Crippen LogP) is 0.994. The molecule has 0 radical (unpaired) electrons. The molecule has 5 nitrogen and oxygen atoms in total. The fourth-order valence-corrected chi connectivity index (χ4v) is 1.82. The number of nitrogen functional groups attached to an aromatic ring is 1. The van der Waals surface area contributed by atoms with Crippen LogP contribution in [0.5, 0.6) is 0 Å². The highest BCUT2D eigenvalue weighted by molar-refractivity contribution is 5.40. The summed E-state index contributed by atoms with van der Waals surface area (Å²) in [7, 11) is 1.83. The maximum absolute atomic E-state index is 5.65. The summed E-state index contributed by atoms with van der Waals surface area (Å²) < 4.78 is 5.32. The largest absolute Gasteiger partial charge is 0.381 e. The lowest BCUT2D eigenvalue weighted by atomic mass is 9.96. The van der Waals surface area contributed by atoms with E-state index < -0.39 is 0 Å². The van der Waals surface area contributed by atoms with Crippen LogP contribution in [0, 0.1) is 0 Å². The summed E-state index contributed by atoms with van der Waals surface area (Å²) in [6.45, 7) is 1.62. The third-order valence-corrected chi connectivity index (χ3v) is 2.66. The van der Waals surface area contributed by atoms with Crippen molar-refractivity contribution in [2.75, 3.05) is 31.3 Å². The third kappa shape index (κ3) is 2.36. The standard InChI is InChI=1S/C10H16N4O/c1-12-9-6-8(13-10(11)14-9)7-2-4-15-5-3-7/h6-7H,2-5H2,1H3,(H3,11,12,13,14). The summed E-state index contributed by atoms with van der Waals surface area (Å²) in [6, 6.07) is 1.96. The zero-order valence-corrected chi connectivity index (χ0v) is 8.86. The van der Waals surface area contributed by atoms with Gasteiger partial charge in [0.1, 0.15) is 5.82 Å². The Morgan fingerprint density at radius 3 is 2.80 bits per heavy atom. The van der Waals surface area contributed by atoms with Gasteiger partial charge in [-0.05, 0) is 12.8 Å². The van der Waals surface area contributed by atoms with Crippen molar-refractivity contribution in [2.45, 2.75) is 18.8 Å². The molecule has 0 aliphatic carbocycles. The molecule has 1 fully saturated rings. The molecule has 0 unspecified atom stereocenters. The first kappa shape index (κ1) is 10.2. The van der Waals surface area contributed by atoms with Crippen molar-refractivity contribution in [3.05, 3.63) is 11.8 Å². The lowest BCUT2D eigenvalue weighted by Crippen LogP contribution is -2.16. The van der Waals surface area contributed by atoms with Crippen LogP contribution >= 0.6 is 0 Å². The SMILES string of the molecule is CNc1cc(C2CCOCC2)nc(N)n1. The lowest BCUT2D eigenvalue weighted by Gasteiger charge is -2.21. The van der Waals surface area contributed by atoms with Crippen molar-refractivity contribution in [1.82, 2.24) is 9.97 Å². The van der Waals surface area contributed by atoms with Crippen molar-refractivity contribution >= 4 is 11.8 Å². The van der Waals surface area contributed by atoms with Gasteiger partial charge in [0.05, 0.1) is 5.69 Å². The molecule has 0 saturated carbocycles. The van der Waals surface area contributed by atoms with E-state index in [1.165, 1.54) is 0 Å². The molecule has 15 heavy (non-hydrogen) atoms. The highest BCUT2D eigenvalue weighted by Gasteiger charge is 2.18. The van der Waals surface area contributed by atoms with Gasteiger partial charge in [0.2, 0.25) is 5.95 Å². The molecule has 82 valence electrons. The monoisotopic (exact) mass is 208 g/mol. The van der Waals surface area contributed by atoms with E-state index in [1.807, 2.05) is 13.1 Å². The number of rotatable bonds is 2. The Morgan fingerprint density at radius 2 is 2.13 bits per heavy atom. The third-order valence-electron chi connectivity index (χ3n) is 2.66. The molecule has 0 amide bonds. The van der Waals surface area contributed by atoms with Crippen LogP contribution in [0.4, 0.5) is 11.8 Å². The van der Waals surface area contributed by atoms with Gasteiger partial charge in [0.15, 0.2) is 0 Å². The average molecular weight is 208 g/mol. The summed E-state index contributed by atoms with van der Waals surface area (Å²) in [6.07, 6.45) is 2.03. The van der Waals surface area contributed by atoms with Gasteiger partial charge in [-0.15, -0.1) is 0 Å². The lowest BCUT2D eigenvalue weighted by molar-refractivity contribution is 0.0845. The predicted molar refractivity (Wildman–Crippen MR) is 58.8 cm³/mol. The number of nitrogens with one attached hydrogen (secondary N) is 1. The summed E-state index contributed by atoms with van der Waals surface area (Å²) in [4.78, 5) is 8.35. The number of ether oxygens (including phenoxy) is 1. The van der Waals surface area contributed by atoms with E-state index >= 15 is 0 Å². The van der Waals surface area contributed by atoms with E-state index in [1.54, 1.807) is 0 Å². The highest BCUT2D eigenvalue weighted by Crippen LogP contribution is 2.26. The fourth-order valence-electron chi connectivity index (χ4n) is 1.82. The molecule has 1 aromatic rings. The number of hydrogen-bond donors (Lipinski definition) is 2. The Hall–Kier alpha value is -1.36. The maximum Gasteiger partial charge on any atom is 0.222 e. The van der Waals surface area contributed by atoms with E-state index in [0.29, 0.717) is 11.9 Å². The van der Waals surface area contributed by atoms with Crippen LogP contribution in [0.1, 0.15) is 24.5 Å². The Kier molecular flexibility index (Phi) is 3.01. The number of anilines is 2. The molecular formula is C10H16N4O. The van der Waals surface area contributed by atoms with E-state index in [4.69, 9.17) is 10.5 Å². The summed E-state index contributed by atoms with van der Waals surface area (Å²) in [5, 5.41) is 2.98.